The molecule has 0 saturated heterocycles. The smallest absolute Gasteiger partial charge is 0.286 e. The molecule has 3 aromatic rings. The van der Waals surface area contributed by atoms with Crippen LogP contribution in [0.5, 0.6) is 0 Å². The van der Waals surface area contributed by atoms with E-state index in [2.05, 4.69) is 0 Å². The monoisotopic (exact) mass is 319 g/mol. The van der Waals surface area contributed by atoms with Crippen molar-refractivity contribution in [3.63, 3.8) is 0 Å². The summed E-state index contributed by atoms with van der Waals surface area (Å²) in [5.74, 6) is -0.199. The van der Waals surface area contributed by atoms with Gasteiger partial charge in [0.1, 0.15) is 0 Å². The molecule has 0 unspecified atom stereocenters. The molecule has 0 aliphatic rings. The van der Waals surface area contributed by atoms with E-state index >= 15 is 0 Å². The number of hydrogen-bond acceptors (Lipinski definition) is 2. The van der Waals surface area contributed by atoms with Crippen LogP contribution in [0.15, 0.2) is 91.0 Å². The maximum Gasteiger partial charge on any atom is 0.484 e. The molecule has 0 aromatic heterocycles. The van der Waals surface area contributed by atoms with E-state index in [1.807, 2.05) is 78.9 Å². The number of Topliss-reactive ketones (excluding diaryl/α,β-unsaturated/α-hetero) is 1. The van der Waals surface area contributed by atoms with Gasteiger partial charge in [0, 0.05) is 20.9 Å². The van der Waals surface area contributed by atoms with E-state index in [9.17, 15) is 9.00 Å². The number of carbonyl (C=O) groups excluding carboxylic acids is 1. The number of benzene rings is 3. The van der Waals surface area contributed by atoms with Crippen molar-refractivity contribution >= 4 is 17.4 Å². The summed E-state index contributed by atoms with van der Waals surface area (Å²) in [5.41, 5.74) is 1.92. The summed E-state index contributed by atoms with van der Waals surface area (Å²) < 4.78 is 11.0. The van der Waals surface area contributed by atoms with Gasteiger partial charge in [-0.15, -0.1) is 0 Å². The van der Waals surface area contributed by atoms with Gasteiger partial charge in [0.05, 0.1) is 0 Å². The molecule has 3 rings (SSSR count). The first-order valence-corrected chi connectivity index (χ1v) is 8.05. The summed E-state index contributed by atoms with van der Waals surface area (Å²) in [7, 11) is 0. The van der Waals surface area contributed by atoms with Crippen LogP contribution < -0.4 is 0 Å². The minimum atomic E-state index is -1.29. The van der Waals surface area contributed by atoms with E-state index in [-0.39, 0.29) is 5.78 Å². The Balaban J connectivity index is 2.26. The van der Waals surface area contributed by atoms with Gasteiger partial charge in [-0.1, -0.05) is 91.0 Å². The standard InChI is InChI=1S/C20H15O2S/c21-19(16-10-4-1-5-11-16)20(23-22,17-12-6-2-7-13-17)18-14-8-3-9-15-18/h1-15H/q+1. The molecular weight excluding hydrogens is 304 g/mol. The second kappa shape index (κ2) is 6.63. The maximum atomic E-state index is 13.3. The predicted octanol–water partition coefficient (Wildman–Crippen LogP) is 4.24. The average Bonchev–Trinajstić information content (AvgIpc) is 2.65. The first kappa shape index (κ1) is 15.3. The highest BCUT2D eigenvalue weighted by Crippen LogP contribution is 2.35. The van der Waals surface area contributed by atoms with Crippen LogP contribution in [0, 0.1) is 0 Å². The van der Waals surface area contributed by atoms with Crippen molar-refractivity contribution in [3.05, 3.63) is 108 Å². The van der Waals surface area contributed by atoms with Crippen LogP contribution in [0.4, 0.5) is 0 Å². The van der Waals surface area contributed by atoms with Gasteiger partial charge in [-0.05, 0) is 0 Å². The molecule has 0 aliphatic carbocycles. The summed E-state index contributed by atoms with van der Waals surface area (Å²) in [6, 6.07) is 27.4. The molecule has 0 amide bonds. The predicted molar refractivity (Wildman–Crippen MR) is 92.5 cm³/mol. The molecule has 0 bridgehead atoms. The summed E-state index contributed by atoms with van der Waals surface area (Å²) in [6.45, 7) is 0. The van der Waals surface area contributed by atoms with Crippen LogP contribution in [0.1, 0.15) is 21.5 Å². The average molecular weight is 319 g/mol. The zero-order valence-electron chi connectivity index (χ0n) is 12.4. The van der Waals surface area contributed by atoms with Crippen molar-refractivity contribution in [2.24, 2.45) is 0 Å². The van der Waals surface area contributed by atoms with Gasteiger partial charge in [0.25, 0.3) is 0 Å². The highest BCUT2D eigenvalue weighted by atomic mass is 32.1. The Bertz CT molecular complexity index is 759. The van der Waals surface area contributed by atoms with Gasteiger partial charge >= 0.3 is 16.4 Å². The normalized spacial score (nSPS) is 11.0. The van der Waals surface area contributed by atoms with Crippen molar-refractivity contribution < 1.29 is 9.00 Å². The fourth-order valence-electron chi connectivity index (χ4n) is 2.70. The largest absolute Gasteiger partial charge is 0.484 e. The molecule has 0 radical (unpaired) electrons. The number of carbonyl (C=O) groups is 1. The molecule has 3 aromatic carbocycles. The Morgan fingerprint density at radius 3 is 1.43 bits per heavy atom. The van der Waals surface area contributed by atoms with Crippen molar-refractivity contribution in [2.75, 3.05) is 0 Å². The molecule has 112 valence electrons. The minimum Gasteiger partial charge on any atom is -0.286 e. The van der Waals surface area contributed by atoms with Crippen LogP contribution in [-0.2, 0) is 20.6 Å². The molecule has 0 aliphatic heterocycles. The lowest BCUT2D eigenvalue weighted by Gasteiger charge is -2.17. The third-order valence-corrected chi connectivity index (χ3v) is 4.75. The van der Waals surface area contributed by atoms with Gasteiger partial charge in [0.2, 0.25) is 5.78 Å². The van der Waals surface area contributed by atoms with Crippen LogP contribution in [0.25, 0.3) is 0 Å². The summed E-state index contributed by atoms with van der Waals surface area (Å²) in [5, 5.41) is 0. The fourth-order valence-corrected chi connectivity index (χ4v) is 3.36. The Kier molecular flexibility index (Phi) is 4.40. The topological polar surface area (TPSA) is 34.1 Å². The second-order valence-corrected chi connectivity index (χ2v) is 5.97. The molecule has 23 heavy (non-hydrogen) atoms. The summed E-state index contributed by atoms with van der Waals surface area (Å²) in [6.07, 6.45) is 0. The van der Waals surface area contributed by atoms with E-state index in [0.717, 1.165) is 0 Å². The molecule has 0 saturated carbocycles. The highest BCUT2D eigenvalue weighted by molar-refractivity contribution is 7.68. The van der Waals surface area contributed by atoms with Gasteiger partial charge < -0.3 is 0 Å². The molecule has 0 atom stereocenters. The van der Waals surface area contributed by atoms with E-state index in [1.165, 1.54) is 0 Å². The van der Waals surface area contributed by atoms with Crippen LogP contribution >= 0.6 is 0 Å². The summed E-state index contributed by atoms with van der Waals surface area (Å²) in [4.78, 5) is 13.3. The lowest BCUT2D eigenvalue weighted by molar-refractivity contribution is 0.0958. The summed E-state index contributed by atoms with van der Waals surface area (Å²) >= 11 is 0.327. The minimum absolute atomic E-state index is 0.199. The second-order valence-electron chi connectivity index (χ2n) is 5.19. The number of rotatable bonds is 5. The Hall–Kier alpha value is -2.65. The van der Waals surface area contributed by atoms with Crippen molar-refractivity contribution in [1.29, 1.82) is 0 Å². The lowest BCUT2D eigenvalue weighted by Crippen LogP contribution is -2.36. The fraction of sp³-hybridized carbons (Fsp3) is 0.0500. The van der Waals surface area contributed by atoms with E-state index in [0.29, 0.717) is 28.4 Å². The molecule has 0 N–H and O–H groups in total. The van der Waals surface area contributed by atoms with Crippen molar-refractivity contribution in [3.8, 4) is 0 Å². The van der Waals surface area contributed by atoms with Gasteiger partial charge in [-0.3, -0.25) is 4.79 Å². The van der Waals surface area contributed by atoms with Crippen molar-refractivity contribution in [1.82, 2.24) is 0 Å². The Labute approximate surface area is 139 Å². The van der Waals surface area contributed by atoms with Crippen LogP contribution in [-0.4, -0.2) is 5.78 Å². The lowest BCUT2D eigenvalue weighted by atomic mass is 9.84. The third kappa shape index (κ3) is 2.71. The Morgan fingerprint density at radius 1 is 0.652 bits per heavy atom. The molecule has 0 spiro atoms. The molecule has 2 nitrogen and oxygen atoms in total. The van der Waals surface area contributed by atoms with E-state index < -0.39 is 4.75 Å². The van der Waals surface area contributed by atoms with Crippen LogP contribution in [0.2, 0.25) is 0 Å². The van der Waals surface area contributed by atoms with Gasteiger partial charge in [-0.25, -0.2) is 0 Å². The SMILES string of the molecule is O=[S+]C(C(=O)c1ccccc1)(c1ccccc1)c1ccccc1. The number of ketones is 1. The maximum absolute atomic E-state index is 13.3. The third-order valence-electron chi connectivity index (χ3n) is 3.84. The van der Waals surface area contributed by atoms with Gasteiger partial charge in [0.15, 0.2) is 0 Å². The number of hydrogen-bond donors (Lipinski definition) is 0. The van der Waals surface area contributed by atoms with Gasteiger partial charge in [-0.2, -0.15) is 0 Å². The molecule has 0 fully saturated rings. The van der Waals surface area contributed by atoms with E-state index in [1.54, 1.807) is 12.1 Å². The quantitative estimate of drug-likeness (QED) is 0.520. The van der Waals surface area contributed by atoms with E-state index in [4.69, 9.17) is 0 Å². The Morgan fingerprint density at radius 2 is 1.04 bits per heavy atom. The molecule has 0 heterocycles. The molecular formula is C20H15O2S+. The first-order chi connectivity index (χ1) is 11.3. The van der Waals surface area contributed by atoms with Crippen LogP contribution in [0.3, 0.4) is 0 Å². The highest BCUT2D eigenvalue weighted by Gasteiger charge is 2.56. The molecule has 3 heteroatoms. The first-order valence-electron chi connectivity index (χ1n) is 7.31. The van der Waals surface area contributed by atoms with Crippen molar-refractivity contribution in [2.45, 2.75) is 4.75 Å². The zero-order chi connectivity index (χ0) is 16.1. The zero-order valence-corrected chi connectivity index (χ0v) is 13.2.